The molecule has 0 radical (unpaired) electrons. The second-order valence-electron chi connectivity index (χ2n) is 0. The summed E-state index contributed by atoms with van der Waals surface area (Å²) in [4.78, 5) is 0. The van der Waals surface area contributed by atoms with Crippen molar-refractivity contribution >= 4 is 40.5 Å². The van der Waals surface area contributed by atoms with Crippen LogP contribution in [-0.4, -0.2) is 0 Å². The quantitative estimate of drug-likeness (QED) is 0.584. The SMILES string of the molecule is [S-2].[S-2].[S-2].[Ta+5]. The van der Waals surface area contributed by atoms with Crippen molar-refractivity contribution in [3.05, 3.63) is 0 Å². The maximum absolute atomic E-state index is 0. The standard InChI is InChI=1S/3S.Ta/q3*-2;+5. The summed E-state index contributed by atoms with van der Waals surface area (Å²) >= 11 is 0. The van der Waals surface area contributed by atoms with Crippen molar-refractivity contribution in [1.82, 2.24) is 0 Å². The maximum atomic E-state index is 0. The summed E-state index contributed by atoms with van der Waals surface area (Å²) in [6, 6.07) is 0. The molecule has 0 aliphatic carbocycles. The summed E-state index contributed by atoms with van der Waals surface area (Å²) in [5.74, 6) is 0. The van der Waals surface area contributed by atoms with Gasteiger partial charge in [0.25, 0.3) is 0 Å². The maximum Gasteiger partial charge on any atom is 5.00 e. The van der Waals surface area contributed by atoms with E-state index in [9.17, 15) is 0 Å². The number of rotatable bonds is 0. The van der Waals surface area contributed by atoms with E-state index in [1.165, 1.54) is 0 Å². The second-order valence-corrected chi connectivity index (χ2v) is 0. The van der Waals surface area contributed by atoms with Crippen LogP contribution in [0.25, 0.3) is 0 Å². The van der Waals surface area contributed by atoms with Gasteiger partial charge in [-0.2, -0.15) is 0 Å². The fourth-order valence-electron chi connectivity index (χ4n) is 0. The summed E-state index contributed by atoms with van der Waals surface area (Å²) in [5, 5.41) is 0. The van der Waals surface area contributed by atoms with Gasteiger partial charge >= 0.3 is 22.4 Å². The Bertz CT molecular complexity index is 3.25. The van der Waals surface area contributed by atoms with Crippen LogP contribution in [0.1, 0.15) is 0 Å². The summed E-state index contributed by atoms with van der Waals surface area (Å²) < 4.78 is 0. The van der Waals surface area contributed by atoms with Crippen molar-refractivity contribution in [2.45, 2.75) is 0 Å². The third-order valence-corrected chi connectivity index (χ3v) is 0. The van der Waals surface area contributed by atoms with E-state index in [1.54, 1.807) is 0 Å². The van der Waals surface area contributed by atoms with Gasteiger partial charge in [0, 0.05) is 0 Å². The van der Waals surface area contributed by atoms with Crippen molar-refractivity contribution < 1.29 is 22.4 Å². The molecule has 0 aliphatic heterocycles. The van der Waals surface area contributed by atoms with Crippen LogP contribution in [0.2, 0.25) is 0 Å². The molecule has 0 rings (SSSR count). The molecule has 0 spiro atoms. The van der Waals surface area contributed by atoms with Gasteiger partial charge < -0.3 is 40.5 Å². The van der Waals surface area contributed by atoms with E-state index < -0.39 is 0 Å². The average Bonchev–Trinajstić information content (AvgIpc) is 0. The van der Waals surface area contributed by atoms with Crippen molar-refractivity contribution in [2.75, 3.05) is 0 Å². The Morgan fingerprint density at radius 3 is 0.500 bits per heavy atom. The smallest absolute Gasteiger partial charge is 2.00 e. The van der Waals surface area contributed by atoms with E-state index in [2.05, 4.69) is 0 Å². The molecule has 0 unspecified atom stereocenters. The normalized spacial score (nSPS) is 0. The van der Waals surface area contributed by atoms with Crippen LogP contribution in [0.4, 0.5) is 0 Å². The van der Waals surface area contributed by atoms with Crippen molar-refractivity contribution in [2.24, 2.45) is 0 Å². The zero-order valence-corrected chi connectivity index (χ0v) is 7.33. The molecule has 0 fully saturated rings. The first-order chi connectivity index (χ1) is 0. The van der Waals surface area contributed by atoms with Crippen LogP contribution in [0.3, 0.4) is 0 Å². The summed E-state index contributed by atoms with van der Waals surface area (Å²) in [5.41, 5.74) is 0. The fraction of sp³-hybridized carbons (Fsp3) is 0. The molecule has 0 atom stereocenters. The summed E-state index contributed by atoms with van der Waals surface area (Å²) in [7, 11) is 0. The van der Waals surface area contributed by atoms with E-state index >= 15 is 0 Å². The van der Waals surface area contributed by atoms with Crippen molar-refractivity contribution in [3.8, 4) is 0 Å². The largest absolute Gasteiger partial charge is 5.00 e. The minimum atomic E-state index is 0. The summed E-state index contributed by atoms with van der Waals surface area (Å²) in [6.45, 7) is 0. The molecule has 0 N–H and O–H groups in total. The van der Waals surface area contributed by atoms with Gasteiger partial charge in [0.1, 0.15) is 0 Å². The average molecular weight is 277 g/mol. The Morgan fingerprint density at radius 1 is 0.500 bits per heavy atom. The van der Waals surface area contributed by atoms with Crippen LogP contribution in [-0.2, 0) is 62.9 Å². The van der Waals surface area contributed by atoms with Crippen molar-refractivity contribution in [1.29, 1.82) is 0 Å². The minimum absolute atomic E-state index is 0. The van der Waals surface area contributed by atoms with E-state index in [0.29, 0.717) is 0 Å². The van der Waals surface area contributed by atoms with Crippen LogP contribution in [0.5, 0.6) is 0 Å². The molecule has 0 aromatic heterocycles. The Kier molecular flexibility index (Phi) is 223. The Balaban J connectivity index is 0. The molecule has 0 aromatic rings. The third kappa shape index (κ3) is 9.21. The molecule has 0 saturated carbocycles. The number of hydrogen-bond donors (Lipinski definition) is 0. The van der Waals surface area contributed by atoms with Gasteiger partial charge in [-0.3, -0.25) is 0 Å². The molecule has 0 heterocycles. The molecule has 0 amide bonds. The molecule has 4 heteroatoms. The van der Waals surface area contributed by atoms with E-state index in [0.717, 1.165) is 0 Å². The van der Waals surface area contributed by atoms with E-state index in [1.807, 2.05) is 0 Å². The van der Waals surface area contributed by atoms with E-state index in [4.69, 9.17) is 0 Å². The third-order valence-electron chi connectivity index (χ3n) is 0. The Hall–Kier alpha value is 1.79. The van der Waals surface area contributed by atoms with Crippen LogP contribution >= 0.6 is 0 Å². The monoisotopic (exact) mass is 277 g/mol. The van der Waals surface area contributed by atoms with Crippen LogP contribution in [0, 0.1) is 0 Å². The second kappa shape index (κ2) is 21.5. The fourth-order valence-corrected chi connectivity index (χ4v) is 0. The zero-order chi connectivity index (χ0) is 0. The number of hydrogen-bond acceptors (Lipinski definition) is 0. The van der Waals surface area contributed by atoms with Gasteiger partial charge in [0.05, 0.1) is 0 Å². The first-order valence-corrected chi connectivity index (χ1v) is 0. The molecule has 0 nitrogen and oxygen atoms in total. The van der Waals surface area contributed by atoms with Gasteiger partial charge in [0.2, 0.25) is 0 Å². The minimum Gasteiger partial charge on any atom is -2.00 e. The van der Waals surface area contributed by atoms with Gasteiger partial charge in [-0.15, -0.1) is 0 Å². The van der Waals surface area contributed by atoms with Crippen LogP contribution < -0.4 is 0 Å². The predicted molar refractivity (Wildman–Crippen MR) is 22.1 cm³/mol. The molecule has 4 heavy (non-hydrogen) atoms. The van der Waals surface area contributed by atoms with Gasteiger partial charge in [-0.05, 0) is 0 Å². The molecular formula is S3Ta-. The Labute approximate surface area is 62.6 Å². The molecular weight excluding hydrogens is 277 g/mol. The molecule has 0 aliphatic rings. The van der Waals surface area contributed by atoms with Gasteiger partial charge in [-0.1, -0.05) is 0 Å². The molecule has 0 aromatic carbocycles. The predicted octanol–water partition coefficient (Wildman–Crippen LogP) is -0.00970. The molecule has 0 bridgehead atoms. The zero-order valence-electron chi connectivity index (χ0n) is 1.67. The summed E-state index contributed by atoms with van der Waals surface area (Å²) in [6.07, 6.45) is 0. The Morgan fingerprint density at radius 2 is 0.500 bits per heavy atom. The van der Waals surface area contributed by atoms with Gasteiger partial charge in [-0.25, -0.2) is 0 Å². The first kappa shape index (κ1) is 41.5. The first-order valence-electron chi connectivity index (χ1n) is 0. The molecule has 0 saturated heterocycles. The van der Waals surface area contributed by atoms with Crippen molar-refractivity contribution in [3.63, 3.8) is 0 Å². The van der Waals surface area contributed by atoms with Crippen LogP contribution in [0.15, 0.2) is 0 Å². The van der Waals surface area contributed by atoms with E-state index in [-0.39, 0.29) is 62.9 Å². The topological polar surface area (TPSA) is 0 Å². The molecule has 24 valence electrons. The van der Waals surface area contributed by atoms with Gasteiger partial charge in [0.15, 0.2) is 0 Å².